The summed E-state index contributed by atoms with van der Waals surface area (Å²) >= 11 is 0. The fraction of sp³-hybridized carbons (Fsp3) is 0.250. The number of aliphatic imine (C=N–C) groups is 1. The van der Waals surface area contributed by atoms with E-state index in [-0.39, 0.29) is 28.1 Å². The van der Waals surface area contributed by atoms with Gasteiger partial charge in [0.15, 0.2) is 11.6 Å². The molecule has 0 aliphatic carbocycles. The van der Waals surface area contributed by atoms with Crippen molar-refractivity contribution in [2.75, 3.05) is 26.2 Å². The molecule has 1 heterocycles. The number of nitrogens with one attached hydrogen (secondary N) is 2. The summed E-state index contributed by atoms with van der Waals surface area (Å²) in [7, 11) is 0. The molecule has 0 radical (unpaired) electrons. The number of hydrazone groups is 1. The largest absolute Gasteiger partial charge is 0.351 e. The van der Waals surface area contributed by atoms with Crippen LogP contribution in [0.2, 0.25) is 0 Å². The van der Waals surface area contributed by atoms with Crippen molar-refractivity contribution < 1.29 is 13.6 Å². The summed E-state index contributed by atoms with van der Waals surface area (Å²) in [6.45, 7) is 7.32. The summed E-state index contributed by atoms with van der Waals surface area (Å²) < 4.78 is 27.0. The van der Waals surface area contributed by atoms with Gasteiger partial charge in [0.25, 0.3) is 11.5 Å². The van der Waals surface area contributed by atoms with Gasteiger partial charge in [0.2, 0.25) is 0 Å². The van der Waals surface area contributed by atoms with Crippen LogP contribution in [0.4, 0.5) is 14.5 Å². The Morgan fingerprint density at radius 1 is 1.12 bits per heavy atom. The van der Waals surface area contributed by atoms with E-state index < -0.39 is 17.2 Å². The number of carbonyl (C=O) groups excluding carboxylic acids is 1. The normalized spacial score (nSPS) is 12.1. The second kappa shape index (κ2) is 11.3. The van der Waals surface area contributed by atoms with Gasteiger partial charge in [0, 0.05) is 30.1 Å². The van der Waals surface area contributed by atoms with Crippen molar-refractivity contribution in [3.8, 4) is 0 Å². The van der Waals surface area contributed by atoms with Crippen LogP contribution in [0.1, 0.15) is 29.8 Å². The molecule has 3 aromatic rings. The molecule has 8 nitrogen and oxygen atoms in total. The molecule has 0 bridgehead atoms. The number of nitrogens with zero attached hydrogens (tertiary/aromatic N) is 3. The average molecular weight is 469 g/mol. The third kappa shape index (κ3) is 5.90. The van der Waals surface area contributed by atoms with Crippen molar-refractivity contribution >= 4 is 34.4 Å². The van der Waals surface area contributed by atoms with Crippen molar-refractivity contribution in [1.82, 2.24) is 15.2 Å². The Bertz CT molecular complexity index is 1280. The van der Waals surface area contributed by atoms with Gasteiger partial charge in [-0.25, -0.2) is 8.78 Å². The van der Waals surface area contributed by atoms with E-state index in [4.69, 9.17) is 5.84 Å². The van der Waals surface area contributed by atoms with E-state index in [1.165, 1.54) is 12.3 Å². The standard InChI is InChI=1S/C24H26F2N6O2/c1-3-32(4-2)10-9-28-23(33)15-5-7-17(8-6-15)29-14-22(31-27)18-11-16-12-19(25)20(26)13-21(16)30-24(18)34/h5-8,11-14H,3-4,9-10,27H2,1-2H3,(H,28,33)(H,30,34). The van der Waals surface area contributed by atoms with Gasteiger partial charge in [0.1, 0.15) is 5.71 Å². The lowest BCUT2D eigenvalue weighted by Crippen LogP contribution is -2.34. The van der Waals surface area contributed by atoms with Crippen LogP contribution in [0, 0.1) is 11.6 Å². The van der Waals surface area contributed by atoms with Crippen LogP contribution in [0.3, 0.4) is 0 Å². The monoisotopic (exact) mass is 468 g/mol. The third-order valence-corrected chi connectivity index (χ3v) is 5.37. The summed E-state index contributed by atoms with van der Waals surface area (Å²) in [5, 5.41) is 6.76. The number of aromatic amines is 1. The number of fused-ring (bicyclic) bond motifs is 1. The van der Waals surface area contributed by atoms with Crippen LogP contribution in [0.15, 0.2) is 57.4 Å². The Kier molecular flexibility index (Phi) is 8.20. The van der Waals surface area contributed by atoms with Crippen LogP contribution in [-0.4, -0.2) is 53.9 Å². The minimum absolute atomic E-state index is 0.0473. The number of pyridine rings is 1. The van der Waals surface area contributed by atoms with E-state index >= 15 is 0 Å². The lowest BCUT2D eigenvalue weighted by molar-refractivity contribution is 0.0949. The molecule has 2 aromatic carbocycles. The zero-order valence-corrected chi connectivity index (χ0v) is 18.9. The first-order valence-electron chi connectivity index (χ1n) is 10.8. The second-order valence-corrected chi connectivity index (χ2v) is 7.47. The van der Waals surface area contributed by atoms with Gasteiger partial charge in [-0.2, -0.15) is 5.10 Å². The molecule has 0 atom stereocenters. The smallest absolute Gasteiger partial charge is 0.258 e. The number of hydrogen-bond acceptors (Lipinski definition) is 6. The van der Waals surface area contributed by atoms with E-state index in [2.05, 4.69) is 39.1 Å². The first-order valence-corrected chi connectivity index (χ1v) is 10.8. The average Bonchev–Trinajstić information content (AvgIpc) is 2.84. The van der Waals surface area contributed by atoms with Crippen molar-refractivity contribution in [2.45, 2.75) is 13.8 Å². The van der Waals surface area contributed by atoms with Gasteiger partial charge in [0.05, 0.1) is 23.0 Å². The summed E-state index contributed by atoms with van der Waals surface area (Å²) in [5.41, 5.74) is 0.662. The predicted molar refractivity (Wildman–Crippen MR) is 130 cm³/mol. The van der Waals surface area contributed by atoms with Crippen LogP contribution in [0.25, 0.3) is 10.9 Å². The number of carbonyl (C=O) groups is 1. The lowest BCUT2D eigenvalue weighted by atomic mass is 10.1. The first kappa shape index (κ1) is 24.7. The molecule has 1 amide bonds. The molecule has 34 heavy (non-hydrogen) atoms. The van der Waals surface area contributed by atoms with Gasteiger partial charge in [-0.15, -0.1) is 0 Å². The summed E-state index contributed by atoms with van der Waals surface area (Å²) in [6, 6.07) is 9.81. The van der Waals surface area contributed by atoms with E-state index in [9.17, 15) is 18.4 Å². The minimum atomic E-state index is -1.06. The van der Waals surface area contributed by atoms with E-state index in [0.29, 0.717) is 17.8 Å². The highest BCUT2D eigenvalue weighted by molar-refractivity contribution is 6.38. The maximum absolute atomic E-state index is 13.6. The van der Waals surface area contributed by atoms with Gasteiger partial charge < -0.3 is 21.0 Å². The zero-order valence-electron chi connectivity index (χ0n) is 18.9. The molecule has 1 aromatic heterocycles. The molecule has 178 valence electrons. The van der Waals surface area contributed by atoms with Crippen LogP contribution in [-0.2, 0) is 0 Å². The fourth-order valence-electron chi connectivity index (χ4n) is 3.37. The number of benzene rings is 2. The lowest BCUT2D eigenvalue weighted by Gasteiger charge is -2.17. The molecule has 0 aliphatic heterocycles. The molecule has 0 saturated heterocycles. The number of amides is 1. The van der Waals surface area contributed by atoms with Gasteiger partial charge in [-0.3, -0.25) is 14.6 Å². The molecule has 0 spiro atoms. The second-order valence-electron chi connectivity index (χ2n) is 7.47. The maximum atomic E-state index is 13.6. The summed E-state index contributed by atoms with van der Waals surface area (Å²) in [4.78, 5) is 33.7. The maximum Gasteiger partial charge on any atom is 0.258 e. The van der Waals surface area contributed by atoms with Gasteiger partial charge in [-0.1, -0.05) is 13.8 Å². The van der Waals surface area contributed by atoms with Gasteiger partial charge in [-0.05, 0) is 49.5 Å². The molecule has 4 N–H and O–H groups in total. The molecule has 0 aliphatic rings. The van der Waals surface area contributed by atoms with Crippen LogP contribution < -0.4 is 16.7 Å². The molecular weight excluding hydrogens is 442 g/mol. The highest BCUT2D eigenvalue weighted by Gasteiger charge is 2.12. The number of rotatable bonds is 9. The molecule has 0 unspecified atom stereocenters. The number of likely N-dealkylation sites (N-methyl/N-ethyl adjacent to an activating group) is 1. The Balaban J connectivity index is 1.72. The number of nitrogens with two attached hydrogens (primary N) is 1. The fourth-order valence-corrected chi connectivity index (χ4v) is 3.37. The number of halogens is 2. The Hall–Kier alpha value is -3.92. The predicted octanol–water partition coefficient (Wildman–Crippen LogP) is 2.94. The zero-order chi connectivity index (χ0) is 24.7. The van der Waals surface area contributed by atoms with Crippen molar-refractivity contribution in [3.63, 3.8) is 0 Å². The third-order valence-electron chi connectivity index (χ3n) is 5.37. The first-order chi connectivity index (χ1) is 16.4. The van der Waals surface area contributed by atoms with Crippen LogP contribution in [0.5, 0.6) is 0 Å². The number of hydrogen-bond donors (Lipinski definition) is 3. The molecule has 0 saturated carbocycles. The molecule has 3 rings (SSSR count). The Morgan fingerprint density at radius 2 is 1.79 bits per heavy atom. The van der Waals surface area contributed by atoms with Crippen molar-refractivity contribution in [2.24, 2.45) is 15.9 Å². The van der Waals surface area contributed by atoms with Crippen molar-refractivity contribution in [1.29, 1.82) is 0 Å². The molecule has 10 heteroatoms. The Morgan fingerprint density at radius 3 is 2.44 bits per heavy atom. The van der Waals surface area contributed by atoms with E-state index in [1.54, 1.807) is 24.3 Å². The van der Waals surface area contributed by atoms with Gasteiger partial charge >= 0.3 is 0 Å². The highest BCUT2D eigenvalue weighted by atomic mass is 19.2. The molecular formula is C24H26F2N6O2. The quantitative estimate of drug-likeness (QED) is 0.254. The van der Waals surface area contributed by atoms with Crippen molar-refractivity contribution in [3.05, 3.63) is 75.6 Å². The molecule has 0 fully saturated rings. The Labute approximate surface area is 195 Å². The minimum Gasteiger partial charge on any atom is -0.351 e. The summed E-state index contributed by atoms with van der Waals surface area (Å²) in [5.74, 6) is 3.16. The highest BCUT2D eigenvalue weighted by Crippen LogP contribution is 2.17. The SMILES string of the molecule is CCN(CC)CCNC(=O)c1ccc(N=CC(=NN)c2cc3cc(F)c(F)cc3[nH]c2=O)cc1. The number of H-pyrrole nitrogens is 1. The van der Waals surface area contributed by atoms with E-state index in [1.807, 2.05) is 0 Å². The number of aromatic nitrogens is 1. The van der Waals surface area contributed by atoms with Crippen LogP contribution >= 0.6 is 0 Å². The summed E-state index contributed by atoms with van der Waals surface area (Å²) in [6.07, 6.45) is 1.29. The van der Waals surface area contributed by atoms with E-state index in [0.717, 1.165) is 31.8 Å². The topological polar surface area (TPSA) is 116 Å².